The van der Waals surface area contributed by atoms with Crippen LogP contribution in [0.2, 0.25) is 5.02 Å². The fourth-order valence-corrected chi connectivity index (χ4v) is 3.33. The Kier molecular flexibility index (Phi) is 6.08. The van der Waals surface area contributed by atoms with Crippen LogP contribution in [0.4, 0.5) is 0 Å². The summed E-state index contributed by atoms with van der Waals surface area (Å²) in [5.74, 6) is 0.607. The molecule has 0 aliphatic carbocycles. The van der Waals surface area contributed by atoms with E-state index in [0.29, 0.717) is 5.92 Å². The van der Waals surface area contributed by atoms with Crippen molar-refractivity contribution in [1.29, 1.82) is 0 Å². The van der Waals surface area contributed by atoms with E-state index in [1.54, 1.807) is 0 Å². The Morgan fingerprint density at radius 2 is 1.67 bits per heavy atom. The summed E-state index contributed by atoms with van der Waals surface area (Å²) in [6.07, 6.45) is 10.2. The molecule has 0 saturated carbocycles. The second-order valence-electron chi connectivity index (χ2n) is 6.28. The summed E-state index contributed by atoms with van der Waals surface area (Å²) in [4.78, 5) is 4.17. The molecular weight excluding hydrogens is 316 g/mol. The summed E-state index contributed by atoms with van der Waals surface area (Å²) >= 11 is 6.31. The van der Waals surface area contributed by atoms with E-state index >= 15 is 0 Å². The summed E-state index contributed by atoms with van der Waals surface area (Å²) in [6, 6.07) is 18.9. The second-order valence-corrected chi connectivity index (χ2v) is 6.69. The molecule has 2 aromatic carbocycles. The third-order valence-electron chi connectivity index (χ3n) is 4.49. The zero-order chi connectivity index (χ0) is 16.6. The molecule has 0 aliphatic heterocycles. The van der Waals surface area contributed by atoms with E-state index in [9.17, 15) is 0 Å². The molecule has 1 heterocycles. The third-order valence-corrected chi connectivity index (χ3v) is 4.86. The highest BCUT2D eigenvalue weighted by atomic mass is 35.5. The molecule has 0 spiro atoms. The van der Waals surface area contributed by atoms with Crippen LogP contribution in [0.1, 0.15) is 24.0 Å². The number of hydrogen-bond acceptors (Lipinski definition) is 1. The zero-order valence-electron chi connectivity index (χ0n) is 13.8. The van der Waals surface area contributed by atoms with Gasteiger partial charge in [0.1, 0.15) is 0 Å². The number of rotatable bonds is 8. The Labute approximate surface area is 149 Å². The van der Waals surface area contributed by atoms with Crippen LogP contribution >= 0.6 is 11.6 Å². The Morgan fingerprint density at radius 1 is 0.917 bits per heavy atom. The van der Waals surface area contributed by atoms with Crippen LogP contribution in [0.15, 0.2) is 73.3 Å². The van der Waals surface area contributed by atoms with Crippen molar-refractivity contribution in [2.24, 2.45) is 5.92 Å². The van der Waals surface area contributed by atoms with Crippen molar-refractivity contribution in [2.45, 2.75) is 32.2 Å². The Morgan fingerprint density at radius 3 is 2.42 bits per heavy atom. The first kappa shape index (κ1) is 16.8. The number of imidazole rings is 1. The quantitative estimate of drug-likeness (QED) is 0.536. The predicted octanol–water partition coefficient (Wildman–Crippen LogP) is 5.42. The van der Waals surface area contributed by atoms with Gasteiger partial charge in [-0.25, -0.2) is 4.98 Å². The van der Waals surface area contributed by atoms with E-state index in [1.807, 2.05) is 30.9 Å². The van der Waals surface area contributed by atoms with Crippen LogP contribution in [0.5, 0.6) is 0 Å². The first-order valence-corrected chi connectivity index (χ1v) is 8.92. The highest BCUT2D eigenvalue weighted by Gasteiger charge is 2.11. The molecule has 0 aliphatic rings. The van der Waals surface area contributed by atoms with Crippen molar-refractivity contribution in [3.8, 4) is 0 Å². The number of benzene rings is 2. The normalized spacial score (nSPS) is 12.2. The average molecular weight is 339 g/mol. The first-order valence-electron chi connectivity index (χ1n) is 8.54. The Hall–Kier alpha value is -2.06. The van der Waals surface area contributed by atoms with Crippen LogP contribution in [0.25, 0.3) is 0 Å². The molecule has 0 saturated heterocycles. The van der Waals surface area contributed by atoms with E-state index in [2.05, 4.69) is 52.0 Å². The van der Waals surface area contributed by atoms with Crippen LogP contribution < -0.4 is 0 Å². The van der Waals surface area contributed by atoms with Crippen molar-refractivity contribution >= 4 is 11.6 Å². The molecular formula is C21H23ClN2. The van der Waals surface area contributed by atoms with E-state index < -0.39 is 0 Å². The molecule has 124 valence electrons. The van der Waals surface area contributed by atoms with Crippen LogP contribution in [0.3, 0.4) is 0 Å². The van der Waals surface area contributed by atoms with Crippen molar-refractivity contribution in [2.75, 3.05) is 0 Å². The van der Waals surface area contributed by atoms with Crippen LogP contribution in [-0.2, 0) is 19.4 Å². The van der Waals surface area contributed by atoms with Crippen LogP contribution in [0, 0.1) is 5.92 Å². The fourth-order valence-electron chi connectivity index (χ4n) is 3.10. The Balaban J connectivity index is 1.61. The lowest BCUT2D eigenvalue weighted by Crippen LogP contribution is -2.12. The molecule has 2 nitrogen and oxygen atoms in total. The molecule has 0 radical (unpaired) electrons. The number of hydrogen-bond donors (Lipinski definition) is 0. The molecule has 0 bridgehead atoms. The minimum Gasteiger partial charge on any atom is -0.337 e. The summed E-state index contributed by atoms with van der Waals surface area (Å²) in [5.41, 5.74) is 2.65. The molecule has 3 rings (SSSR count). The highest BCUT2D eigenvalue weighted by molar-refractivity contribution is 6.31. The highest BCUT2D eigenvalue weighted by Crippen LogP contribution is 2.22. The van der Waals surface area contributed by atoms with E-state index in [0.717, 1.165) is 30.8 Å². The second kappa shape index (κ2) is 8.70. The minimum absolute atomic E-state index is 0.607. The minimum atomic E-state index is 0.607. The maximum absolute atomic E-state index is 6.31. The van der Waals surface area contributed by atoms with Gasteiger partial charge in [-0.15, -0.1) is 0 Å². The van der Waals surface area contributed by atoms with Gasteiger partial charge in [0.25, 0.3) is 0 Å². The third kappa shape index (κ3) is 4.97. The van der Waals surface area contributed by atoms with Gasteiger partial charge < -0.3 is 4.57 Å². The van der Waals surface area contributed by atoms with Gasteiger partial charge in [0.15, 0.2) is 0 Å². The summed E-state index contributed by atoms with van der Waals surface area (Å²) in [5, 5.41) is 0.877. The van der Waals surface area contributed by atoms with E-state index in [-0.39, 0.29) is 0 Å². The lowest BCUT2D eigenvalue weighted by Gasteiger charge is -2.18. The summed E-state index contributed by atoms with van der Waals surface area (Å²) in [7, 11) is 0. The summed E-state index contributed by atoms with van der Waals surface area (Å²) < 4.78 is 2.18. The molecule has 1 unspecified atom stereocenters. The zero-order valence-corrected chi connectivity index (χ0v) is 14.6. The number of halogens is 1. The monoisotopic (exact) mass is 338 g/mol. The lowest BCUT2D eigenvalue weighted by molar-refractivity contribution is 0.388. The smallest absolute Gasteiger partial charge is 0.0945 e. The first-order chi connectivity index (χ1) is 11.8. The molecule has 0 N–H and O–H groups in total. The average Bonchev–Trinajstić information content (AvgIpc) is 3.12. The van der Waals surface area contributed by atoms with E-state index in [4.69, 9.17) is 11.6 Å². The molecule has 1 aromatic heterocycles. The molecule has 3 heteroatoms. The molecule has 0 amide bonds. The van der Waals surface area contributed by atoms with Gasteiger partial charge in [-0.1, -0.05) is 60.1 Å². The fraction of sp³-hybridized carbons (Fsp3) is 0.286. The van der Waals surface area contributed by atoms with Crippen molar-refractivity contribution in [1.82, 2.24) is 9.55 Å². The van der Waals surface area contributed by atoms with Crippen LogP contribution in [-0.4, -0.2) is 9.55 Å². The number of nitrogens with zero attached hydrogens (tertiary/aromatic N) is 2. The summed E-state index contributed by atoms with van der Waals surface area (Å²) in [6.45, 7) is 1.01. The maximum Gasteiger partial charge on any atom is 0.0945 e. The maximum atomic E-state index is 6.31. The van der Waals surface area contributed by atoms with Gasteiger partial charge in [0.05, 0.1) is 6.33 Å². The van der Waals surface area contributed by atoms with Crippen molar-refractivity contribution in [3.63, 3.8) is 0 Å². The van der Waals surface area contributed by atoms with Gasteiger partial charge >= 0.3 is 0 Å². The SMILES string of the molecule is Clc1ccccc1CCC(CCc1ccccc1)Cn1ccnc1. The lowest BCUT2D eigenvalue weighted by atomic mass is 9.93. The van der Waals surface area contributed by atoms with Crippen molar-refractivity contribution in [3.05, 3.63) is 89.5 Å². The standard InChI is InChI=1S/C21H23ClN2/c22-21-9-5-4-8-20(21)13-12-19(16-24-15-14-23-17-24)11-10-18-6-2-1-3-7-18/h1-9,14-15,17,19H,10-13,16H2. The van der Waals surface area contributed by atoms with Gasteiger partial charge in [0, 0.05) is 24.0 Å². The van der Waals surface area contributed by atoms with E-state index in [1.165, 1.54) is 17.5 Å². The molecule has 1 atom stereocenters. The Bertz CT molecular complexity index is 723. The van der Waals surface area contributed by atoms with Gasteiger partial charge in [-0.05, 0) is 48.8 Å². The van der Waals surface area contributed by atoms with Gasteiger partial charge in [-0.3, -0.25) is 0 Å². The van der Waals surface area contributed by atoms with Crippen molar-refractivity contribution < 1.29 is 0 Å². The largest absolute Gasteiger partial charge is 0.337 e. The number of aromatic nitrogens is 2. The molecule has 24 heavy (non-hydrogen) atoms. The topological polar surface area (TPSA) is 17.8 Å². The molecule has 3 aromatic rings. The molecule has 0 fully saturated rings. The van der Waals surface area contributed by atoms with Gasteiger partial charge in [-0.2, -0.15) is 0 Å². The number of aryl methyl sites for hydroxylation is 2. The predicted molar refractivity (Wildman–Crippen MR) is 100 cm³/mol. The van der Waals surface area contributed by atoms with Gasteiger partial charge in [0.2, 0.25) is 0 Å².